The first-order chi connectivity index (χ1) is 8.16. The van der Waals surface area contributed by atoms with Gasteiger partial charge >= 0.3 is 5.97 Å². The van der Waals surface area contributed by atoms with Crippen LogP contribution in [-0.2, 0) is 4.79 Å². The molecule has 0 aliphatic carbocycles. The van der Waals surface area contributed by atoms with E-state index in [9.17, 15) is 4.79 Å². The second-order valence-electron chi connectivity index (χ2n) is 4.26. The molecule has 1 saturated heterocycles. The van der Waals surface area contributed by atoms with Gasteiger partial charge in [-0.1, -0.05) is 11.8 Å². The summed E-state index contributed by atoms with van der Waals surface area (Å²) in [5, 5.41) is 17.2. The van der Waals surface area contributed by atoms with Gasteiger partial charge in [0, 0.05) is 12.6 Å². The molecule has 2 rings (SSSR count). The smallest absolute Gasteiger partial charge is 0.313 e. The van der Waals surface area contributed by atoms with Crippen LogP contribution in [0.1, 0.15) is 18.9 Å². The molecule has 0 amide bonds. The van der Waals surface area contributed by atoms with Crippen LogP contribution in [0.4, 0.5) is 0 Å². The highest BCUT2D eigenvalue weighted by atomic mass is 32.2. The van der Waals surface area contributed by atoms with Gasteiger partial charge in [-0.15, -0.1) is 10.2 Å². The molecule has 1 atom stereocenters. The minimum absolute atomic E-state index is 0.0290. The molecule has 0 spiro atoms. The van der Waals surface area contributed by atoms with Gasteiger partial charge in [-0.25, -0.2) is 0 Å². The molecule has 1 aromatic rings. The molecule has 1 N–H and O–H groups in total. The van der Waals surface area contributed by atoms with Gasteiger partial charge < -0.3 is 14.6 Å². The summed E-state index contributed by atoms with van der Waals surface area (Å²) >= 11 is 1.23. The van der Waals surface area contributed by atoms with Gasteiger partial charge in [0.15, 0.2) is 5.16 Å². The van der Waals surface area contributed by atoms with Crippen molar-refractivity contribution in [1.82, 2.24) is 19.7 Å². The minimum atomic E-state index is -0.828. The quantitative estimate of drug-likeness (QED) is 0.800. The van der Waals surface area contributed by atoms with Crippen LogP contribution < -0.4 is 0 Å². The Morgan fingerprint density at radius 1 is 1.71 bits per heavy atom. The van der Waals surface area contributed by atoms with Gasteiger partial charge in [0.25, 0.3) is 0 Å². The number of aromatic nitrogens is 3. The molecule has 0 bridgehead atoms. The van der Waals surface area contributed by atoms with E-state index in [1.807, 2.05) is 4.57 Å². The van der Waals surface area contributed by atoms with E-state index in [1.165, 1.54) is 11.8 Å². The van der Waals surface area contributed by atoms with Crippen molar-refractivity contribution in [2.24, 2.45) is 0 Å². The van der Waals surface area contributed by atoms with Gasteiger partial charge in [0.2, 0.25) is 0 Å². The summed E-state index contributed by atoms with van der Waals surface area (Å²) in [6.45, 7) is 2.09. The van der Waals surface area contributed by atoms with Crippen molar-refractivity contribution in [3.63, 3.8) is 0 Å². The lowest BCUT2D eigenvalue weighted by atomic mass is 10.1. The maximum absolute atomic E-state index is 10.5. The third-order valence-electron chi connectivity index (χ3n) is 2.86. The van der Waals surface area contributed by atoms with Gasteiger partial charge in [-0.05, 0) is 26.4 Å². The van der Waals surface area contributed by atoms with Gasteiger partial charge in [-0.2, -0.15) is 0 Å². The Balaban J connectivity index is 2.04. The number of carbonyl (C=O) groups is 1. The molecule has 17 heavy (non-hydrogen) atoms. The summed E-state index contributed by atoms with van der Waals surface area (Å²) in [5.41, 5.74) is 0. The summed E-state index contributed by atoms with van der Waals surface area (Å²) in [6, 6.07) is 0.361. The summed E-state index contributed by atoms with van der Waals surface area (Å²) in [7, 11) is 2.10. The Kier molecular flexibility index (Phi) is 4.01. The number of thioether (sulfide) groups is 1. The van der Waals surface area contributed by atoms with E-state index in [-0.39, 0.29) is 5.75 Å². The highest BCUT2D eigenvalue weighted by Crippen LogP contribution is 2.25. The Morgan fingerprint density at radius 2 is 2.53 bits per heavy atom. The van der Waals surface area contributed by atoms with E-state index in [1.54, 1.807) is 6.33 Å². The number of hydrogen-bond acceptors (Lipinski definition) is 5. The standard InChI is InChI=1S/C10H16N4O2S/c1-13-4-2-3-8(5-13)14-7-11-12-10(14)17-6-9(15)16/h7-8H,2-6H2,1H3,(H,15,16). The van der Waals surface area contributed by atoms with E-state index in [0.717, 1.165) is 25.9 Å². The second kappa shape index (κ2) is 5.50. The Bertz CT molecular complexity index is 395. The number of rotatable bonds is 4. The van der Waals surface area contributed by atoms with E-state index < -0.39 is 5.97 Å². The molecule has 94 valence electrons. The summed E-state index contributed by atoms with van der Waals surface area (Å²) < 4.78 is 2.00. The van der Waals surface area contributed by atoms with Crippen molar-refractivity contribution in [3.05, 3.63) is 6.33 Å². The predicted octanol–water partition coefficient (Wildman–Crippen LogP) is 0.722. The van der Waals surface area contributed by atoms with Crippen molar-refractivity contribution < 1.29 is 9.90 Å². The average Bonchev–Trinajstić information content (AvgIpc) is 2.74. The van der Waals surface area contributed by atoms with Crippen LogP contribution in [0.15, 0.2) is 11.5 Å². The highest BCUT2D eigenvalue weighted by molar-refractivity contribution is 7.99. The first-order valence-corrected chi connectivity index (χ1v) is 6.58. The average molecular weight is 256 g/mol. The fourth-order valence-electron chi connectivity index (χ4n) is 2.08. The van der Waals surface area contributed by atoms with Gasteiger partial charge in [0.05, 0.1) is 5.75 Å². The highest BCUT2D eigenvalue weighted by Gasteiger charge is 2.21. The largest absolute Gasteiger partial charge is 0.481 e. The van der Waals surface area contributed by atoms with Gasteiger partial charge in [0.1, 0.15) is 6.33 Å². The minimum Gasteiger partial charge on any atom is -0.481 e. The number of likely N-dealkylation sites (N-methyl/N-ethyl adjacent to an activating group) is 1. The molecular weight excluding hydrogens is 240 g/mol. The number of aliphatic carboxylic acids is 1. The molecule has 1 aromatic heterocycles. The van der Waals surface area contributed by atoms with E-state index in [2.05, 4.69) is 22.1 Å². The zero-order valence-corrected chi connectivity index (χ0v) is 10.6. The fraction of sp³-hybridized carbons (Fsp3) is 0.700. The van der Waals surface area contributed by atoms with Crippen molar-refractivity contribution in [3.8, 4) is 0 Å². The van der Waals surface area contributed by atoms with Crippen LogP contribution >= 0.6 is 11.8 Å². The van der Waals surface area contributed by atoms with E-state index >= 15 is 0 Å². The maximum Gasteiger partial charge on any atom is 0.313 e. The normalized spacial score (nSPS) is 21.6. The topological polar surface area (TPSA) is 71.2 Å². The van der Waals surface area contributed by atoms with E-state index in [4.69, 9.17) is 5.11 Å². The molecular formula is C10H16N4O2S. The summed E-state index contributed by atoms with van der Waals surface area (Å²) in [4.78, 5) is 12.8. The molecule has 2 heterocycles. The predicted molar refractivity (Wildman–Crippen MR) is 64.1 cm³/mol. The lowest BCUT2D eigenvalue weighted by molar-refractivity contribution is -0.133. The third kappa shape index (κ3) is 3.19. The van der Waals surface area contributed by atoms with Crippen LogP contribution in [-0.4, -0.2) is 56.6 Å². The molecule has 1 aliphatic rings. The number of piperidine rings is 1. The Morgan fingerprint density at radius 3 is 3.24 bits per heavy atom. The van der Waals surface area contributed by atoms with Crippen LogP contribution in [0.5, 0.6) is 0 Å². The van der Waals surface area contributed by atoms with Crippen molar-refractivity contribution in [2.45, 2.75) is 24.0 Å². The molecule has 0 aromatic carbocycles. The molecule has 7 heteroatoms. The number of carboxylic acids is 1. The van der Waals surface area contributed by atoms with Crippen LogP contribution in [0.3, 0.4) is 0 Å². The van der Waals surface area contributed by atoms with Crippen molar-refractivity contribution >= 4 is 17.7 Å². The van der Waals surface area contributed by atoms with Crippen LogP contribution in [0.25, 0.3) is 0 Å². The zero-order valence-electron chi connectivity index (χ0n) is 9.74. The lowest BCUT2D eigenvalue weighted by Gasteiger charge is -2.30. The number of hydrogen-bond donors (Lipinski definition) is 1. The third-order valence-corrected chi connectivity index (χ3v) is 3.80. The first-order valence-electron chi connectivity index (χ1n) is 5.59. The molecule has 1 unspecified atom stereocenters. The van der Waals surface area contributed by atoms with Crippen molar-refractivity contribution in [2.75, 3.05) is 25.9 Å². The fourth-order valence-corrected chi connectivity index (χ4v) is 2.78. The molecule has 0 saturated carbocycles. The molecule has 6 nitrogen and oxygen atoms in total. The number of likely N-dealkylation sites (tertiary alicyclic amines) is 1. The van der Waals surface area contributed by atoms with E-state index in [0.29, 0.717) is 11.2 Å². The zero-order chi connectivity index (χ0) is 12.3. The van der Waals surface area contributed by atoms with Crippen LogP contribution in [0.2, 0.25) is 0 Å². The molecule has 1 aliphatic heterocycles. The number of nitrogens with zero attached hydrogens (tertiary/aromatic N) is 4. The summed E-state index contributed by atoms with van der Waals surface area (Å²) in [5.74, 6) is -0.799. The molecule has 1 fully saturated rings. The maximum atomic E-state index is 10.5. The molecule has 0 radical (unpaired) electrons. The second-order valence-corrected chi connectivity index (χ2v) is 5.20. The lowest BCUT2D eigenvalue weighted by Crippen LogP contribution is -2.33. The number of carboxylic acid groups (broad SMARTS) is 1. The summed E-state index contributed by atoms with van der Waals surface area (Å²) in [6.07, 6.45) is 3.96. The Hall–Kier alpha value is -1.08. The SMILES string of the molecule is CN1CCCC(n2cnnc2SCC(=O)O)C1. The van der Waals surface area contributed by atoms with Crippen molar-refractivity contribution in [1.29, 1.82) is 0 Å². The van der Waals surface area contributed by atoms with Gasteiger partial charge in [-0.3, -0.25) is 4.79 Å². The Labute approximate surface area is 104 Å². The monoisotopic (exact) mass is 256 g/mol. The van der Waals surface area contributed by atoms with Crippen LogP contribution in [0, 0.1) is 0 Å². The first kappa shape index (κ1) is 12.4.